The number of thiophene rings is 1. The quantitative estimate of drug-likeness (QED) is 0.821. The first-order valence-electron chi connectivity index (χ1n) is 4.82. The molecule has 0 aliphatic heterocycles. The molecule has 0 aliphatic rings. The molecule has 2 heterocycles. The summed E-state index contributed by atoms with van der Waals surface area (Å²) in [4.78, 5) is 15.2. The molecule has 17 heavy (non-hydrogen) atoms. The van der Waals surface area contributed by atoms with Gasteiger partial charge < -0.3 is 10.4 Å². The third kappa shape index (κ3) is 3.01. The van der Waals surface area contributed by atoms with Gasteiger partial charge >= 0.3 is 5.97 Å². The van der Waals surface area contributed by atoms with Crippen molar-refractivity contribution in [3.05, 3.63) is 46.0 Å². The fourth-order valence-corrected chi connectivity index (χ4v) is 2.07. The van der Waals surface area contributed by atoms with Crippen molar-refractivity contribution in [3.8, 4) is 0 Å². The third-order valence-corrected chi connectivity index (χ3v) is 3.00. The van der Waals surface area contributed by atoms with E-state index < -0.39 is 11.9 Å². The maximum atomic E-state index is 12.8. The van der Waals surface area contributed by atoms with E-state index in [1.54, 1.807) is 23.6 Å². The summed E-state index contributed by atoms with van der Waals surface area (Å²) in [6, 6.07) is 6.05. The maximum Gasteiger partial charge on any atom is 0.336 e. The van der Waals surface area contributed by atoms with Crippen molar-refractivity contribution in [2.24, 2.45) is 0 Å². The van der Waals surface area contributed by atoms with E-state index in [2.05, 4.69) is 10.3 Å². The van der Waals surface area contributed by atoms with Gasteiger partial charge in [-0.3, -0.25) is 0 Å². The molecule has 0 aromatic carbocycles. The van der Waals surface area contributed by atoms with Crippen LogP contribution in [-0.2, 0) is 6.54 Å². The third-order valence-electron chi connectivity index (χ3n) is 2.06. The Morgan fingerprint density at radius 1 is 1.53 bits per heavy atom. The van der Waals surface area contributed by atoms with Gasteiger partial charge in [-0.2, -0.15) is 4.39 Å². The highest BCUT2D eigenvalue weighted by molar-refractivity contribution is 7.10. The number of pyridine rings is 1. The second kappa shape index (κ2) is 4.92. The summed E-state index contributed by atoms with van der Waals surface area (Å²) in [5.41, 5.74) is 0.263. The molecule has 0 radical (unpaired) electrons. The van der Waals surface area contributed by atoms with Crippen LogP contribution in [-0.4, -0.2) is 16.1 Å². The van der Waals surface area contributed by atoms with Crippen molar-refractivity contribution in [2.75, 3.05) is 5.32 Å². The minimum atomic E-state index is -0.948. The normalized spacial score (nSPS) is 10.2. The predicted molar refractivity (Wildman–Crippen MR) is 62.8 cm³/mol. The molecule has 0 spiro atoms. The standard InChI is InChI=1S/C11H9FN2O2S/c12-9-2-1-3-10(14-9)13-5-8-4-7(6-17-8)11(15)16/h1-4,6H,5H2,(H,13,14)(H,15,16). The molecule has 0 saturated carbocycles. The number of nitrogens with zero attached hydrogens (tertiary/aromatic N) is 1. The number of anilines is 1. The van der Waals surface area contributed by atoms with Crippen molar-refractivity contribution in [1.82, 2.24) is 4.98 Å². The second-order valence-corrected chi connectivity index (χ2v) is 4.30. The van der Waals surface area contributed by atoms with Gasteiger partial charge in [-0.05, 0) is 18.2 Å². The largest absolute Gasteiger partial charge is 0.478 e. The first-order chi connectivity index (χ1) is 8.15. The summed E-state index contributed by atoms with van der Waals surface area (Å²) < 4.78 is 12.8. The van der Waals surface area contributed by atoms with Crippen molar-refractivity contribution in [3.63, 3.8) is 0 Å². The number of carbonyl (C=O) groups is 1. The van der Waals surface area contributed by atoms with E-state index in [9.17, 15) is 9.18 Å². The van der Waals surface area contributed by atoms with Crippen LogP contribution >= 0.6 is 11.3 Å². The van der Waals surface area contributed by atoms with Gasteiger partial charge in [-0.1, -0.05) is 6.07 Å². The summed E-state index contributed by atoms with van der Waals surface area (Å²) in [5.74, 6) is -1.07. The van der Waals surface area contributed by atoms with Gasteiger partial charge in [0.15, 0.2) is 0 Å². The number of aromatic nitrogens is 1. The lowest BCUT2D eigenvalue weighted by Crippen LogP contribution is -2.00. The smallest absolute Gasteiger partial charge is 0.336 e. The van der Waals surface area contributed by atoms with E-state index in [0.29, 0.717) is 12.4 Å². The molecule has 0 amide bonds. The van der Waals surface area contributed by atoms with E-state index in [1.807, 2.05) is 0 Å². The molecular weight excluding hydrogens is 243 g/mol. The second-order valence-electron chi connectivity index (χ2n) is 3.31. The van der Waals surface area contributed by atoms with E-state index in [1.165, 1.54) is 17.4 Å². The number of hydrogen-bond acceptors (Lipinski definition) is 4. The van der Waals surface area contributed by atoms with Crippen LogP contribution in [0.2, 0.25) is 0 Å². The number of hydrogen-bond donors (Lipinski definition) is 2. The number of carboxylic acids is 1. The van der Waals surface area contributed by atoms with Gasteiger partial charge in [-0.15, -0.1) is 11.3 Å². The molecule has 0 fully saturated rings. The van der Waals surface area contributed by atoms with Gasteiger partial charge in [-0.25, -0.2) is 9.78 Å². The molecule has 0 unspecified atom stereocenters. The minimum absolute atomic E-state index is 0.263. The predicted octanol–water partition coefficient (Wildman–Crippen LogP) is 2.59. The topological polar surface area (TPSA) is 62.2 Å². The van der Waals surface area contributed by atoms with E-state index in [4.69, 9.17) is 5.11 Å². The molecule has 0 bridgehead atoms. The lowest BCUT2D eigenvalue weighted by molar-refractivity contribution is 0.0697. The summed E-state index contributed by atoms with van der Waals surface area (Å²) >= 11 is 1.34. The Morgan fingerprint density at radius 2 is 2.35 bits per heavy atom. The van der Waals surface area contributed by atoms with E-state index >= 15 is 0 Å². The Balaban J connectivity index is 2.00. The number of aromatic carboxylic acids is 1. The molecule has 2 rings (SSSR count). The Bertz CT molecular complexity index is 542. The van der Waals surface area contributed by atoms with Gasteiger partial charge in [0.1, 0.15) is 5.82 Å². The lowest BCUT2D eigenvalue weighted by Gasteiger charge is -2.02. The van der Waals surface area contributed by atoms with Crippen LogP contribution in [0.4, 0.5) is 10.2 Å². The fraction of sp³-hybridized carbons (Fsp3) is 0.0909. The molecule has 2 aromatic heterocycles. The summed E-state index contributed by atoms with van der Waals surface area (Å²) in [6.45, 7) is 0.425. The molecule has 2 aromatic rings. The zero-order chi connectivity index (χ0) is 12.3. The van der Waals surface area contributed by atoms with Crippen LogP contribution in [0.25, 0.3) is 0 Å². The van der Waals surface area contributed by atoms with Crippen LogP contribution < -0.4 is 5.32 Å². The van der Waals surface area contributed by atoms with Crippen molar-refractivity contribution < 1.29 is 14.3 Å². The fourth-order valence-electron chi connectivity index (χ4n) is 1.27. The molecule has 6 heteroatoms. The Morgan fingerprint density at radius 3 is 3.00 bits per heavy atom. The molecule has 88 valence electrons. The first kappa shape index (κ1) is 11.5. The highest BCUT2D eigenvalue weighted by Crippen LogP contribution is 2.16. The lowest BCUT2D eigenvalue weighted by atomic mass is 10.3. The maximum absolute atomic E-state index is 12.8. The Hall–Kier alpha value is -1.95. The summed E-state index contributed by atoms with van der Waals surface area (Å²) in [6.07, 6.45) is 0. The number of rotatable bonds is 4. The highest BCUT2D eigenvalue weighted by atomic mass is 32.1. The van der Waals surface area contributed by atoms with Crippen molar-refractivity contribution in [1.29, 1.82) is 0 Å². The molecule has 0 saturated heterocycles. The Labute approximate surface area is 101 Å². The number of halogens is 1. The van der Waals surface area contributed by atoms with Gasteiger partial charge in [0.2, 0.25) is 5.95 Å². The molecule has 0 aliphatic carbocycles. The average molecular weight is 252 g/mol. The van der Waals surface area contributed by atoms with Gasteiger partial charge in [0.25, 0.3) is 0 Å². The van der Waals surface area contributed by atoms with Crippen LogP contribution in [0, 0.1) is 5.95 Å². The minimum Gasteiger partial charge on any atom is -0.478 e. The first-order valence-corrected chi connectivity index (χ1v) is 5.70. The van der Waals surface area contributed by atoms with Crippen molar-refractivity contribution >= 4 is 23.1 Å². The summed E-state index contributed by atoms with van der Waals surface area (Å²) in [7, 11) is 0. The monoisotopic (exact) mass is 252 g/mol. The molecule has 0 atom stereocenters. The summed E-state index contributed by atoms with van der Waals surface area (Å²) in [5, 5.41) is 13.2. The van der Waals surface area contributed by atoms with Crippen molar-refractivity contribution in [2.45, 2.75) is 6.54 Å². The zero-order valence-electron chi connectivity index (χ0n) is 8.68. The van der Waals surface area contributed by atoms with E-state index in [0.717, 1.165) is 4.88 Å². The Kier molecular flexibility index (Phi) is 3.34. The number of carboxylic acid groups (broad SMARTS) is 1. The molecule has 2 N–H and O–H groups in total. The number of nitrogens with one attached hydrogen (secondary N) is 1. The van der Waals surface area contributed by atoms with Crippen LogP contribution in [0.15, 0.2) is 29.6 Å². The highest BCUT2D eigenvalue weighted by Gasteiger charge is 2.06. The van der Waals surface area contributed by atoms with Gasteiger partial charge in [0.05, 0.1) is 12.1 Å². The van der Waals surface area contributed by atoms with Crippen LogP contribution in [0.1, 0.15) is 15.2 Å². The van der Waals surface area contributed by atoms with E-state index in [-0.39, 0.29) is 5.56 Å². The van der Waals surface area contributed by atoms with Gasteiger partial charge in [0, 0.05) is 10.3 Å². The SMILES string of the molecule is O=C(O)c1csc(CNc2cccc(F)n2)c1. The molecule has 4 nitrogen and oxygen atoms in total. The molecular formula is C11H9FN2O2S. The average Bonchev–Trinajstić information content (AvgIpc) is 2.75. The zero-order valence-corrected chi connectivity index (χ0v) is 9.50. The van der Waals surface area contributed by atoms with Crippen LogP contribution in [0.3, 0.4) is 0 Å². The van der Waals surface area contributed by atoms with Crippen LogP contribution in [0.5, 0.6) is 0 Å².